The van der Waals surface area contributed by atoms with Crippen molar-refractivity contribution in [1.29, 1.82) is 0 Å². The summed E-state index contributed by atoms with van der Waals surface area (Å²) in [6.45, 7) is 0. The third kappa shape index (κ3) is 2.64. The number of furan rings is 1. The van der Waals surface area contributed by atoms with E-state index >= 15 is 0 Å². The number of aliphatic hydroxyl groups is 1. The first kappa shape index (κ1) is 12.1. The molecule has 92 valence electrons. The number of benzene rings is 1. The summed E-state index contributed by atoms with van der Waals surface area (Å²) in [6.07, 6.45) is -0.259. The van der Waals surface area contributed by atoms with E-state index in [2.05, 4.69) is 5.32 Å². The van der Waals surface area contributed by atoms with Gasteiger partial charge in [-0.1, -0.05) is 30.3 Å². The van der Waals surface area contributed by atoms with Crippen LogP contribution >= 0.6 is 0 Å². The van der Waals surface area contributed by atoms with Crippen molar-refractivity contribution in [2.24, 2.45) is 0 Å². The van der Waals surface area contributed by atoms with Gasteiger partial charge >= 0.3 is 0 Å². The zero-order valence-electron chi connectivity index (χ0n) is 9.37. The Labute approximate surface area is 103 Å². The molecular formula is C13H11NO4. The summed E-state index contributed by atoms with van der Waals surface area (Å²) in [5.74, 6) is -1.18. The second-order valence-corrected chi connectivity index (χ2v) is 3.58. The minimum Gasteiger partial charge on any atom is -0.459 e. The van der Waals surface area contributed by atoms with Crippen molar-refractivity contribution >= 4 is 11.7 Å². The molecule has 1 heterocycles. The van der Waals surface area contributed by atoms with Crippen molar-refractivity contribution in [2.75, 3.05) is 0 Å². The first-order valence-electron chi connectivity index (χ1n) is 5.30. The van der Waals surface area contributed by atoms with Crippen LogP contribution in [0.1, 0.15) is 20.9 Å². The Hall–Kier alpha value is -2.40. The summed E-state index contributed by atoms with van der Waals surface area (Å²) in [6, 6.07) is 11.2. The summed E-state index contributed by atoms with van der Waals surface area (Å²) in [7, 11) is 0. The summed E-state index contributed by atoms with van der Waals surface area (Å²) in [4.78, 5) is 23.3. The maximum Gasteiger partial charge on any atom is 0.289 e. The fraction of sp³-hybridized carbons (Fsp3) is 0.0769. The van der Waals surface area contributed by atoms with Gasteiger partial charge in [0.1, 0.15) is 0 Å². The van der Waals surface area contributed by atoms with Crippen molar-refractivity contribution in [2.45, 2.75) is 6.23 Å². The van der Waals surface area contributed by atoms with Crippen molar-refractivity contribution in [3.8, 4) is 0 Å². The van der Waals surface area contributed by atoms with E-state index in [-0.39, 0.29) is 5.76 Å². The minimum atomic E-state index is -1.59. The molecule has 1 atom stereocenters. The van der Waals surface area contributed by atoms with Gasteiger partial charge in [0.05, 0.1) is 6.26 Å². The van der Waals surface area contributed by atoms with Gasteiger partial charge in [-0.3, -0.25) is 9.59 Å². The molecule has 0 bridgehead atoms. The molecule has 1 aromatic heterocycles. The second-order valence-electron chi connectivity index (χ2n) is 3.58. The van der Waals surface area contributed by atoms with Gasteiger partial charge in [-0.15, -0.1) is 0 Å². The van der Waals surface area contributed by atoms with Crippen LogP contribution in [-0.2, 0) is 0 Å². The largest absolute Gasteiger partial charge is 0.459 e. The minimum absolute atomic E-state index is 0.0370. The van der Waals surface area contributed by atoms with Gasteiger partial charge in [-0.05, 0) is 12.1 Å². The number of Topliss-reactive ketones (excluding diaryl/α,β-unsaturated/α-hetero) is 1. The molecule has 0 saturated heterocycles. The summed E-state index contributed by atoms with van der Waals surface area (Å²) in [5, 5.41) is 11.8. The molecule has 5 heteroatoms. The van der Waals surface area contributed by atoms with Crippen LogP contribution in [0.25, 0.3) is 0 Å². The van der Waals surface area contributed by atoms with E-state index in [9.17, 15) is 14.7 Å². The van der Waals surface area contributed by atoms with E-state index in [0.717, 1.165) is 0 Å². The fourth-order valence-electron chi connectivity index (χ4n) is 1.43. The molecule has 2 rings (SSSR count). The van der Waals surface area contributed by atoms with E-state index in [1.165, 1.54) is 12.3 Å². The molecule has 0 unspecified atom stereocenters. The Balaban J connectivity index is 2.02. The molecule has 0 spiro atoms. The number of nitrogens with one attached hydrogen (secondary N) is 1. The average Bonchev–Trinajstić information content (AvgIpc) is 2.92. The Morgan fingerprint density at radius 3 is 2.44 bits per heavy atom. The third-order valence-electron chi connectivity index (χ3n) is 2.32. The van der Waals surface area contributed by atoms with Crippen molar-refractivity contribution < 1.29 is 19.1 Å². The highest BCUT2D eigenvalue weighted by Gasteiger charge is 2.20. The topological polar surface area (TPSA) is 79.5 Å². The normalized spacial score (nSPS) is 11.8. The number of carbonyl (C=O) groups excluding carboxylic acids is 2. The van der Waals surface area contributed by atoms with E-state index in [4.69, 9.17) is 4.42 Å². The zero-order valence-corrected chi connectivity index (χ0v) is 9.37. The molecule has 2 N–H and O–H groups in total. The molecule has 5 nitrogen and oxygen atoms in total. The van der Waals surface area contributed by atoms with Gasteiger partial charge < -0.3 is 14.8 Å². The molecule has 2 aromatic rings. The van der Waals surface area contributed by atoms with Gasteiger partial charge in [0.25, 0.3) is 5.91 Å². The molecule has 0 saturated carbocycles. The van der Waals surface area contributed by atoms with Gasteiger partial charge in [0.2, 0.25) is 5.78 Å². The number of amides is 1. The predicted molar refractivity (Wildman–Crippen MR) is 63.0 cm³/mol. The standard InChI is InChI=1S/C13H11NO4/c15-11(9-5-2-1-3-6-9)13(17)14-12(16)10-7-4-8-18-10/h1-8,13,17H,(H,14,16)/t13-/m1/s1. The predicted octanol–water partition coefficient (Wildman–Crippen LogP) is 1.21. The first-order valence-corrected chi connectivity index (χ1v) is 5.30. The molecule has 0 fully saturated rings. The van der Waals surface area contributed by atoms with Gasteiger partial charge in [0.15, 0.2) is 12.0 Å². The Bertz CT molecular complexity index is 533. The molecule has 1 aromatic carbocycles. The SMILES string of the molecule is O=C(N[C@H](O)C(=O)c1ccccc1)c1ccco1. The number of ketones is 1. The second kappa shape index (κ2) is 5.29. The van der Waals surface area contributed by atoms with Gasteiger partial charge in [-0.25, -0.2) is 0 Å². The van der Waals surface area contributed by atoms with Crippen molar-refractivity contribution in [3.63, 3.8) is 0 Å². The van der Waals surface area contributed by atoms with E-state index in [1.807, 2.05) is 0 Å². The molecule has 0 aliphatic rings. The number of carbonyl (C=O) groups is 2. The highest BCUT2D eigenvalue weighted by Crippen LogP contribution is 2.04. The maximum atomic E-state index is 11.8. The van der Waals surface area contributed by atoms with Crippen LogP contribution in [0.15, 0.2) is 53.1 Å². The average molecular weight is 245 g/mol. The van der Waals surface area contributed by atoms with Gasteiger partial charge in [0, 0.05) is 5.56 Å². The quantitative estimate of drug-likeness (QED) is 0.626. The zero-order chi connectivity index (χ0) is 13.0. The van der Waals surface area contributed by atoms with Crippen LogP contribution in [0.2, 0.25) is 0 Å². The van der Waals surface area contributed by atoms with Crippen molar-refractivity contribution in [3.05, 3.63) is 60.1 Å². The Kier molecular flexibility index (Phi) is 3.54. The molecule has 0 radical (unpaired) electrons. The van der Waals surface area contributed by atoms with Crippen LogP contribution in [0.4, 0.5) is 0 Å². The maximum absolute atomic E-state index is 11.8. The molecular weight excluding hydrogens is 234 g/mol. The first-order chi connectivity index (χ1) is 8.68. The fourth-order valence-corrected chi connectivity index (χ4v) is 1.43. The highest BCUT2D eigenvalue weighted by molar-refractivity contribution is 6.02. The van der Waals surface area contributed by atoms with Crippen LogP contribution in [-0.4, -0.2) is 23.0 Å². The molecule has 1 amide bonds. The molecule has 18 heavy (non-hydrogen) atoms. The monoisotopic (exact) mass is 245 g/mol. The lowest BCUT2D eigenvalue weighted by molar-refractivity contribution is 0.0597. The summed E-state index contributed by atoms with van der Waals surface area (Å²) < 4.78 is 4.85. The van der Waals surface area contributed by atoms with E-state index in [0.29, 0.717) is 5.56 Å². The number of rotatable bonds is 4. The van der Waals surface area contributed by atoms with Crippen LogP contribution in [0.5, 0.6) is 0 Å². The summed E-state index contributed by atoms with van der Waals surface area (Å²) >= 11 is 0. The van der Waals surface area contributed by atoms with Crippen LogP contribution in [0, 0.1) is 0 Å². The Morgan fingerprint density at radius 1 is 1.11 bits per heavy atom. The molecule has 0 aliphatic heterocycles. The number of hydrogen-bond donors (Lipinski definition) is 2. The third-order valence-corrected chi connectivity index (χ3v) is 2.32. The molecule has 0 aliphatic carbocycles. The van der Waals surface area contributed by atoms with Crippen LogP contribution in [0.3, 0.4) is 0 Å². The lowest BCUT2D eigenvalue weighted by Crippen LogP contribution is -2.40. The number of hydrogen-bond acceptors (Lipinski definition) is 4. The van der Waals surface area contributed by atoms with Crippen LogP contribution < -0.4 is 5.32 Å². The van der Waals surface area contributed by atoms with Crippen molar-refractivity contribution in [1.82, 2.24) is 5.32 Å². The lowest BCUT2D eigenvalue weighted by Gasteiger charge is -2.10. The smallest absolute Gasteiger partial charge is 0.289 e. The van der Waals surface area contributed by atoms with E-state index in [1.54, 1.807) is 36.4 Å². The highest BCUT2D eigenvalue weighted by atomic mass is 16.3. The van der Waals surface area contributed by atoms with E-state index < -0.39 is 17.9 Å². The number of aliphatic hydroxyl groups excluding tert-OH is 1. The van der Waals surface area contributed by atoms with Gasteiger partial charge in [-0.2, -0.15) is 0 Å². The summed E-state index contributed by atoms with van der Waals surface area (Å²) in [5.41, 5.74) is 0.324. The lowest BCUT2D eigenvalue weighted by atomic mass is 10.1. The Morgan fingerprint density at radius 2 is 1.83 bits per heavy atom.